The summed E-state index contributed by atoms with van der Waals surface area (Å²) in [5.41, 5.74) is 0.731. The van der Waals surface area contributed by atoms with Gasteiger partial charge in [0, 0.05) is 12.1 Å². The fraction of sp³-hybridized carbons (Fsp3) is 0. The van der Waals surface area contributed by atoms with Crippen molar-refractivity contribution in [2.24, 2.45) is 0 Å². The number of anilines is 1. The number of nitrogens with zero attached hydrogens (tertiary/aromatic N) is 1. The number of hydrogen-bond acceptors (Lipinski definition) is 6. The van der Waals surface area contributed by atoms with Crippen molar-refractivity contribution in [3.05, 3.63) is 29.6 Å². The molecule has 0 aromatic heterocycles. The molecule has 0 unspecified atom stereocenters. The van der Waals surface area contributed by atoms with Crippen LogP contribution in [0.2, 0.25) is 0 Å². The van der Waals surface area contributed by atoms with Crippen LogP contribution < -0.4 is 10.8 Å². The zero-order valence-electron chi connectivity index (χ0n) is 7.87. The molecule has 0 spiro atoms. The summed E-state index contributed by atoms with van der Waals surface area (Å²) in [5.74, 6) is -6.71. The Kier molecular flexibility index (Phi) is 2.60. The Balaban J connectivity index is 2.35. The molecule has 2 rings (SSSR count). The Hall–Kier alpha value is -2.29. The molecule has 17 heavy (non-hydrogen) atoms. The average molecular weight is 248 g/mol. The highest BCUT2D eigenvalue weighted by molar-refractivity contribution is 6.30. The summed E-state index contributed by atoms with van der Waals surface area (Å²) in [4.78, 5) is 29.6. The van der Waals surface area contributed by atoms with Crippen LogP contribution in [0.1, 0.15) is 0 Å². The third-order valence-corrected chi connectivity index (χ3v) is 1.75. The number of halogens is 3. The molecular formula is C8H3F3N2O4. The van der Waals surface area contributed by atoms with Crippen LogP contribution in [0.4, 0.5) is 18.9 Å². The maximum absolute atomic E-state index is 13.2. The van der Waals surface area contributed by atoms with Crippen LogP contribution in [0.25, 0.3) is 0 Å². The van der Waals surface area contributed by atoms with Gasteiger partial charge in [0.2, 0.25) is 0 Å². The van der Waals surface area contributed by atoms with Crippen LogP contribution in [-0.4, -0.2) is 11.9 Å². The van der Waals surface area contributed by atoms with Crippen LogP contribution in [0, 0.1) is 17.5 Å². The minimum absolute atomic E-state index is 0.133. The second kappa shape index (κ2) is 3.94. The molecule has 0 atom stereocenters. The summed E-state index contributed by atoms with van der Waals surface area (Å²) in [5, 5.41) is 0.133. The first-order valence-electron chi connectivity index (χ1n) is 4.12. The number of nitrogens with one attached hydrogen (secondary N) is 1. The van der Waals surface area contributed by atoms with Gasteiger partial charge in [0.25, 0.3) is 0 Å². The predicted molar refractivity (Wildman–Crippen MR) is 44.1 cm³/mol. The van der Waals surface area contributed by atoms with Crippen molar-refractivity contribution < 1.29 is 32.4 Å². The Morgan fingerprint density at radius 1 is 1.06 bits per heavy atom. The summed E-state index contributed by atoms with van der Waals surface area (Å²) in [6.45, 7) is 0. The monoisotopic (exact) mass is 248 g/mol. The highest BCUT2D eigenvalue weighted by Gasteiger charge is 2.32. The quantitative estimate of drug-likeness (QED) is 0.723. The Labute approximate surface area is 91.4 Å². The first-order valence-corrected chi connectivity index (χ1v) is 4.12. The van der Waals surface area contributed by atoms with Gasteiger partial charge in [-0.1, -0.05) is 5.17 Å². The average Bonchev–Trinajstić information content (AvgIpc) is 2.21. The van der Waals surface area contributed by atoms with Crippen LogP contribution in [0.15, 0.2) is 12.1 Å². The number of rotatable bonds is 1. The standard InChI is InChI=1S/C8H3F3N2O4/c9-3-1-4(10)6(5(11)2-3)13-12-16-7(14)8(15)17-13/h1-2,12H. The lowest BCUT2D eigenvalue weighted by Gasteiger charge is -2.25. The maximum atomic E-state index is 13.2. The van der Waals surface area contributed by atoms with E-state index in [1.165, 1.54) is 0 Å². The van der Waals surface area contributed by atoms with Crippen molar-refractivity contribution in [1.82, 2.24) is 5.59 Å². The topological polar surface area (TPSA) is 67.9 Å². The third-order valence-electron chi connectivity index (χ3n) is 1.75. The lowest BCUT2D eigenvalue weighted by molar-refractivity contribution is -0.192. The van der Waals surface area contributed by atoms with Crippen LogP contribution in [0.5, 0.6) is 0 Å². The third kappa shape index (κ3) is 1.99. The summed E-state index contributed by atoms with van der Waals surface area (Å²) >= 11 is 0. The van der Waals surface area contributed by atoms with Crippen molar-refractivity contribution in [3.8, 4) is 0 Å². The van der Waals surface area contributed by atoms with Crippen molar-refractivity contribution in [2.45, 2.75) is 0 Å². The normalized spacial score (nSPS) is 15.6. The molecule has 0 aliphatic carbocycles. The van der Waals surface area contributed by atoms with Gasteiger partial charge in [-0.3, -0.25) is 0 Å². The predicted octanol–water partition coefficient (Wildman–Crippen LogP) is 0.345. The highest BCUT2D eigenvalue weighted by atomic mass is 19.1. The molecule has 0 saturated carbocycles. The molecule has 6 nitrogen and oxygen atoms in total. The minimum Gasteiger partial charge on any atom is -0.338 e. The van der Waals surface area contributed by atoms with E-state index in [2.05, 4.69) is 9.68 Å². The van der Waals surface area contributed by atoms with Crippen molar-refractivity contribution in [2.75, 3.05) is 5.17 Å². The van der Waals surface area contributed by atoms with E-state index in [0.29, 0.717) is 12.1 Å². The number of carbonyl (C=O) groups is 2. The maximum Gasteiger partial charge on any atom is 0.444 e. The van der Waals surface area contributed by atoms with Gasteiger partial charge in [0.1, 0.15) is 5.82 Å². The molecular weight excluding hydrogens is 245 g/mol. The van der Waals surface area contributed by atoms with Gasteiger partial charge >= 0.3 is 11.9 Å². The Bertz CT molecular complexity index is 485. The van der Waals surface area contributed by atoms with Gasteiger partial charge < -0.3 is 9.68 Å². The summed E-state index contributed by atoms with van der Waals surface area (Å²) in [7, 11) is 0. The molecule has 0 radical (unpaired) electrons. The number of carbonyl (C=O) groups excluding carboxylic acids is 2. The van der Waals surface area contributed by atoms with E-state index in [9.17, 15) is 22.8 Å². The van der Waals surface area contributed by atoms with Crippen LogP contribution in [0.3, 0.4) is 0 Å². The van der Waals surface area contributed by atoms with E-state index >= 15 is 0 Å². The SMILES string of the molecule is O=C1ONN(c2c(F)cc(F)cc2F)OC1=O. The summed E-state index contributed by atoms with van der Waals surface area (Å²) in [6, 6.07) is 0.731. The minimum atomic E-state index is -1.48. The van der Waals surface area contributed by atoms with Crippen LogP contribution >= 0.6 is 0 Å². The molecule has 1 saturated heterocycles. The molecule has 1 aromatic rings. The summed E-state index contributed by atoms with van der Waals surface area (Å²) < 4.78 is 39.1. The lowest BCUT2D eigenvalue weighted by Crippen LogP contribution is -2.50. The Morgan fingerprint density at radius 3 is 2.18 bits per heavy atom. The fourth-order valence-corrected chi connectivity index (χ4v) is 1.08. The molecule has 1 fully saturated rings. The molecule has 0 amide bonds. The van der Waals surface area contributed by atoms with E-state index in [-0.39, 0.29) is 5.17 Å². The summed E-state index contributed by atoms with van der Waals surface area (Å²) in [6.07, 6.45) is 0. The van der Waals surface area contributed by atoms with E-state index in [4.69, 9.17) is 0 Å². The van der Waals surface area contributed by atoms with E-state index in [0.717, 1.165) is 0 Å². The van der Waals surface area contributed by atoms with Gasteiger partial charge in [0.15, 0.2) is 17.3 Å². The molecule has 1 aliphatic rings. The van der Waals surface area contributed by atoms with E-state index in [1.807, 2.05) is 0 Å². The smallest absolute Gasteiger partial charge is 0.338 e. The number of hydrazine groups is 1. The first-order chi connectivity index (χ1) is 7.99. The zero-order valence-corrected chi connectivity index (χ0v) is 7.87. The van der Waals surface area contributed by atoms with Gasteiger partial charge in [-0.05, 0) is 5.59 Å². The first kappa shape index (κ1) is 11.2. The van der Waals surface area contributed by atoms with Gasteiger partial charge in [-0.2, -0.15) is 0 Å². The largest absolute Gasteiger partial charge is 0.444 e. The van der Waals surface area contributed by atoms with E-state index in [1.54, 1.807) is 5.59 Å². The zero-order chi connectivity index (χ0) is 12.6. The van der Waals surface area contributed by atoms with Crippen molar-refractivity contribution in [1.29, 1.82) is 0 Å². The van der Waals surface area contributed by atoms with E-state index < -0.39 is 35.1 Å². The van der Waals surface area contributed by atoms with Crippen LogP contribution in [-0.2, 0) is 19.3 Å². The highest BCUT2D eigenvalue weighted by Crippen LogP contribution is 2.24. The molecule has 1 aliphatic heterocycles. The molecule has 90 valence electrons. The molecule has 9 heteroatoms. The molecule has 1 heterocycles. The second-order valence-electron chi connectivity index (χ2n) is 2.87. The molecule has 0 bridgehead atoms. The van der Waals surface area contributed by atoms with Gasteiger partial charge in [0.05, 0.1) is 0 Å². The van der Waals surface area contributed by atoms with Crippen molar-refractivity contribution >= 4 is 17.6 Å². The Morgan fingerprint density at radius 2 is 1.65 bits per heavy atom. The fourth-order valence-electron chi connectivity index (χ4n) is 1.08. The number of benzene rings is 1. The van der Waals surface area contributed by atoms with Gasteiger partial charge in [-0.15, -0.1) is 0 Å². The molecule has 1 aromatic carbocycles. The lowest BCUT2D eigenvalue weighted by atomic mass is 10.3. The van der Waals surface area contributed by atoms with Crippen molar-refractivity contribution in [3.63, 3.8) is 0 Å². The van der Waals surface area contributed by atoms with Gasteiger partial charge in [-0.25, -0.2) is 22.8 Å². The molecule has 1 N–H and O–H groups in total. The second-order valence-corrected chi connectivity index (χ2v) is 2.87. The number of hydrogen-bond donors (Lipinski definition) is 1.